The number of rotatable bonds is 4. The van der Waals surface area contributed by atoms with E-state index in [1.165, 1.54) is 0 Å². The summed E-state index contributed by atoms with van der Waals surface area (Å²) in [6, 6.07) is 24.5. The van der Waals surface area contributed by atoms with Crippen molar-refractivity contribution in [1.82, 2.24) is 5.32 Å². The third-order valence-corrected chi connectivity index (χ3v) is 5.26. The van der Waals surface area contributed by atoms with E-state index in [2.05, 4.69) is 5.32 Å². The molecule has 27 heavy (non-hydrogen) atoms. The van der Waals surface area contributed by atoms with E-state index in [0.717, 1.165) is 16.7 Å². The van der Waals surface area contributed by atoms with Gasteiger partial charge in [0.15, 0.2) is 5.54 Å². The van der Waals surface area contributed by atoms with Gasteiger partial charge in [-0.05, 0) is 23.3 Å². The Kier molecular flexibility index (Phi) is 4.73. The van der Waals surface area contributed by atoms with Crippen molar-refractivity contribution in [3.05, 3.63) is 106 Å². The first-order chi connectivity index (χ1) is 13.1. The van der Waals surface area contributed by atoms with Crippen molar-refractivity contribution in [1.29, 1.82) is 0 Å². The average Bonchev–Trinajstić information content (AvgIpc) is 3.03. The van der Waals surface area contributed by atoms with Crippen molar-refractivity contribution in [3.8, 4) is 0 Å². The fraction of sp³-hybridized carbons (Fsp3) is 0.0909. The summed E-state index contributed by atoms with van der Waals surface area (Å²) < 4.78 is 0. The van der Waals surface area contributed by atoms with Gasteiger partial charge in [-0.15, -0.1) is 0 Å². The fourth-order valence-corrected chi connectivity index (χ4v) is 3.76. The third kappa shape index (κ3) is 3.36. The molecule has 4 rings (SSSR count). The Morgan fingerprint density at radius 2 is 1.56 bits per heavy atom. The molecule has 0 spiro atoms. The van der Waals surface area contributed by atoms with Gasteiger partial charge >= 0.3 is 0 Å². The molecule has 0 saturated heterocycles. The molecule has 3 aromatic rings. The Bertz CT molecular complexity index is 1020. The van der Waals surface area contributed by atoms with Crippen LogP contribution in [0.1, 0.15) is 16.7 Å². The van der Waals surface area contributed by atoms with E-state index in [1.807, 2.05) is 66.7 Å². The van der Waals surface area contributed by atoms with Crippen LogP contribution in [0.5, 0.6) is 0 Å². The Morgan fingerprint density at radius 1 is 0.889 bits per heavy atom. The van der Waals surface area contributed by atoms with Crippen LogP contribution in [0.25, 0.3) is 0 Å². The average molecular weight is 395 g/mol. The lowest BCUT2D eigenvalue weighted by molar-refractivity contribution is -0.124. The molecule has 0 saturated carbocycles. The van der Waals surface area contributed by atoms with Crippen LogP contribution in [0.2, 0.25) is 10.0 Å². The maximum absolute atomic E-state index is 13.2. The first kappa shape index (κ1) is 17.8. The van der Waals surface area contributed by atoms with Crippen molar-refractivity contribution in [2.24, 2.45) is 4.99 Å². The van der Waals surface area contributed by atoms with Gasteiger partial charge in [0, 0.05) is 22.0 Å². The van der Waals surface area contributed by atoms with E-state index < -0.39 is 5.54 Å². The molecule has 1 unspecified atom stereocenters. The Hall–Kier alpha value is -2.62. The molecule has 3 aromatic carbocycles. The minimum Gasteiger partial charge on any atom is -0.308 e. The molecule has 5 heteroatoms. The SMILES string of the molecule is O=C1NC(c2ccccc2)=NC1(Cc1ccc(Cl)cc1Cl)c1ccccc1. The van der Waals surface area contributed by atoms with Crippen LogP contribution in [0.3, 0.4) is 0 Å². The van der Waals surface area contributed by atoms with Crippen molar-refractivity contribution >= 4 is 34.9 Å². The van der Waals surface area contributed by atoms with Crippen molar-refractivity contribution < 1.29 is 4.79 Å². The molecule has 0 aromatic heterocycles. The fourth-order valence-electron chi connectivity index (χ4n) is 3.29. The molecule has 3 nitrogen and oxygen atoms in total. The first-order valence-corrected chi connectivity index (χ1v) is 9.30. The van der Waals surface area contributed by atoms with Crippen molar-refractivity contribution in [2.75, 3.05) is 0 Å². The van der Waals surface area contributed by atoms with Crippen LogP contribution in [0.4, 0.5) is 0 Å². The molecule has 0 bridgehead atoms. The maximum atomic E-state index is 13.2. The summed E-state index contributed by atoms with van der Waals surface area (Å²) in [5.41, 5.74) is 1.42. The molecule has 0 aliphatic carbocycles. The van der Waals surface area contributed by atoms with Crippen LogP contribution in [0, 0.1) is 0 Å². The number of nitrogens with one attached hydrogen (secondary N) is 1. The molecular weight excluding hydrogens is 379 g/mol. The van der Waals surface area contributed by atoms with Gasteiger partial charge in [-0.3, -0.25) is 4.79 Å². The van der Waals surface area contributed by atoms with E-state index in [-0.39, 0.29) is 5.91 Å². The lowest BCUT2D eigenvalue weighted by Crippen LogP contribution is -2.39. The number of amides is 1. The lowest BCUT2D eigenvalue weighted by atomic mass is 9.84. The van der Waals surface area contributed by atoms with Gasteiger partial charge in [0.2, 0.25) is 0 Å². The van der Waals surface area contributed by atoms with Crippen molar-refractivity contribution in [2.45, 2.75) is 12.0 Å². The number of carbonyl (C=O) groups excluding carboxylic acids is 1. The smallest absolute Gasteiger partial charge is 0.258 e. The zero-order chi connectivity index (χ0) is 18.9. The summed E-state index contributed by atoms with van der Waals surface area (Å²) in [5, 5.41) is 4.03. The zero-order valence-corrected chi connectivity index (χ0v) is 15.8. The van der Waals surface area contributed by atoms with E-state index >= 15 is 0 Å². The molecule has 1 amide bonds. The van der Waals surface area contributed by atoms with E-state index in [1.54, 1.807) is 12.1 Å². The van der Waals surface area contributed by atoms with Crippen molar-refractivity contribution in [3.63, 3.8) is 0 Å². The maximum Gasteiger partial charge on any atom is 0.258 e. The second-order valence-electron chi connectivity index (χ2n) is 6.42. The molecule has 1 aliphatic heterocycles. The van der Waals surface area contributed by atoms with Gasteiger partial charge < -0.3 is 5.32 Å². The van der Waals surface area contributed by atoms with Crippen LogP contribution in [0.15, 0.2) is 83.9 Å². The molecule has 0 radical (unpaired) electrons. The number of hydrogen-bond acceptors (Lipinski definition) is 2. The molecular formula is C22H16Cl2N2O. The minimum absolute atomic E-state index is 0.168. The van der Waals surface area contributed by atoms with Crippen LogP contribution >= 0.6 is 23.2 Å². The first-order valence-electron chi connectivity index (χ1n) is 8.55. The van der Waals surface area contributed by atoms with Crippen LogP contribution in [-0.2, 0) is 16.8 Å². The normalized spacial score (nSPS) is 18.9. The second kappa shape index (κ2) is 7.18. The summed E-state index contributed by atoms with van der Waals surface area (Å²) >= 11 is 12.4. The topological polar surface area (TPSA) is 41.5 Å². The van der Waals surface area contributed by atoms with E-state index in [0.29, 0.717) is 22.3 Å². The highest BCUT2D eigenvalue weighted by Crippen LogP contribution is 2.36. The number of aliphatic imine (C=N–C) groups is 1. The third-order valence-electron chi connectivity index (χ3n) is 4.67. The summed E-state index contributed by atoms with van der Waals surface area (Å²) in [6.07, 6.45) is 0.342. The quantitative estimate of drug-likeness (QED) is 0.663. The zero-order valence-electron chi connectivity index (χ0n) is 14.3. The monoisotopic (exact) mass is 394 g/mol. The van der Waals surface area contributed by atoms with Gasteiger partial charge in [-0.25, -0.2) is 4.99 Å². The number of halogens is 2. The highest BCUT2D eigenvalue weighted by Gasteiger charge is 2.45. The molecule has 1 aliphatic rings. The minimum atomic E-state index is -1.08. The van der Waals surface area contributed by atoms with Gasteiger partial charge in [0.1, 0.15) is 5.84 Å². The predicted molar refractivity (Wildman–Crippen MR) is 109 cm³/mol. The summed E-state index contributed by atoms with van der Waals surface area (Å²) in [5.74, 6) is 0.396. The standard InChI is InChI=1S/C22H16Cl2N2O/c23-18-12-11-16(19(24)13-18)14-22(17-9-5-2-6-10-17)21(27)25-20(26-22)15-7-3-1-4-8-15/h1-13H,14H2,(H,25,26,27). The summed E-state index contributed by atoms with van der Waals surface area (Å²) in [7, 11) is 0. The Balaban J connectivity index is 1.85. The van der Waals surface area contributed by atoms with Gasteiger partial charge in [0.25, 0.3) is 5.91 Å². The van der Waals surface area contributed by atoms with Gasteiger partial charge in [-0.1, -0.05) is 89.9 Å². The van der Waals surface area contributed by atoms with E-state index in [9.17, 15) is 4.79 Å². The Labute approximate surface area is 167 Å². The number of nitrogens with zero attached hydrogens (tertiary/aromatic N) is 1. The Morgan fingerprint density at radius 3 is 2.22 bits per heavy atom. The largest absolute Gasteiger partial charge is 0.308 e. The second-order valence-corrected chi connectivity index (χ2v) is 7.26. The molecule has 1 heterocycles. The highest BCUT2D eigenvalue weighted by atomic mass is 35.5. The summed E-state index contributed by atoms with van der Waals surface area (Å²) in [6.45, 7) is 0. The molecule has 0 fully saturated rings. The van der Waals surface area contributed by atoms with Gasteiger partial charge in [0.05, 0.1) is 0 Å². The number of amidine groups is 1. The van der Waals surface area contributed by atoms with E-state index in [4.69, 9.17) is 28.2 Å². The highest BCUT2D eigenvalue weighted by molar-refractivity contribution is 6.35. The molecule has 1 N–H and O–H groups in total. The van der Waals surface area contributed by atoms with Crippen LogP contribution < -0.4 is 5.32 Å². The molecule has 1 atom stereocenters. The number of hydrogen-bond donors (Lipinski definition) is 1. The van der Waals surface area contributed by atoms with Crippen LogP contribution in [-0.4, -0.2) is 11.7 Å². The van der Waals surface area contributed by atoms with Gasteiger partial charge in [-0.2, -0.15) is 0 Å². The number of carbonyl (C=O) groups is 1. The number of benzene rings is 3. The lowest BCUT2D eigenvalue weighted by Gasteiger charge is -2.24. The summed E-state index contributed by atoms with van der Waals surface area (Å²) in [4.78, 5) is 18.0. The predicted octanol–water partition coefficient (Wildman–Crippen LogP) is 5.01. The molecule has 134 valence electrons.